The van der Waals surface area contributed by atoms with E-state index < -0.39 is 4.92 Å². The maximum absolute atomic E-state index is 10.9. The number of nitro benzene ring substituents is 1. The molecule has 0 unspecified atom stereocenters. The number of hydrogen-bond donors (Lipinski definition) is 0. The van der Waals surface area contributed by atoms with Gasteiger partial charge in [-0.25, -0.2) is 0 Å². The van der Waals surface area contributed by atoms with Crippen LogP contribution in [0, 0.1) is 21.4 Å². The lowest BCUT2D eigenvalue weighted by atomic mass is 10.1. The second kappa shape index (κ2) is 10.7. The minimum Gasteiger partial charge on any atom is -0.372 e. The minimum atomic E-state index is -0.556. The van der Waals surface area contributed by atoms with Crippen LogP contribution < -0.4 is 4.90 Å². The van der Waals surface area contributed by atoms with Crippen molar-refractivity contribution in [2.75, 3.05) is 18.0 Å². The molecule has 0 bridgehead atoms. The zero-order valence-electron chi connectivity index (χ0n) is 18.1. The van der Waals surface area contributed by atoms with Gasteiger partial charge in [-0.2, -0.15) is 5.26 Å². The SMILES string of the molecule is CCN(CC)c1ccc(/C=C/c2ccc(/C=C/c3ccc([N+](=O)[O-])c(C#N)c3)nc2)cc1. The Hall–Kier alpha value is -4.24. The summed E-state index contributed by atoms with van der Waals surface area (Å²) in [6.07, 6.45) is 9.44. The third-order valence-electron chi connectivity index (χ3n) is 5.08. The molecule has 3 aromatic rings. The molecule has 32 heavy (non-hydrogen) atoms. The molecule has 0 fully saturated rings. The highest BCUT2D eigenvalue weighted by molar-refractivity contribution is 5.72. The Bertz CT molecular complexity index is 1170. The van der Waals surface area contributed by atoms with Crippen LogP contribution in [-0.2, 0) is 0 Å². The summed E-state index contributed by atoms with van der Waals surface area (Å²) in [5.41, 5.74) is 4.62. The maximum Gasteiger partial charge on any atom is 0.287 e. The van der Waals surface area contributed by atoms with Gasteiger partial charge in [-0.3, -0.25) is 15.1 Å². The van der Waals surface area contributed by atoms with Crippen molar-refractivity contribution in [3.8, 4) is 6.07 Å². The first kappa shape index (κ1) is 22.4. The smallest absolute Gasteiger partial charge is 0.287 e. The lowest BCUT2D eigenvalue weighted by molar-refractivity contribution is -0.385. The molecule has 0 spiro atoms. The van der Waals surface area contributed by atoms with Gasteiger partial charge in [0.15, 0.2) is 0 Å². The molecule has 0 saturated carbocycles. The second-order valence-electron chi connectivity index (χ2n) is 7.09. The Kier molecular flexibility index (Phi) is 7.50. The molecule has 0 N–H and O–H groups in total. The van der Waals surface area contributed by atoms with Gasteiger partial charge in [0.05, 0.1) is 10.6 Å². The van der Waals surface area contributed by atoms with Gasteiger partial charge in [-0.1, -0.05) is 36.4 Å². The first-order valence-corrected chi connectivity index (χ1v) is 10.4. The fraction of sp³-hybridized carbons (Fsp3) is 0.154. The van der Waals surface area contributed by atoms with E-state index in [1.54, 1.807) is 18.3 Å². The number of benzene rings is 2. The lowest BCUT2D eigenvalue weighted by Gasteiger charge is -2.20. The van der Waals surface area contributed by atoms with Gasteiger partial charge in [0.25, 0.3) is 5.69 Å². The molecule has 0 aliphatic carbocycles. The lowest BCUT2D eigenvalue weighted by Crippen LogP contribution is -2.21. The number of aromatic nitrogens is 1. The summed E-state index contributed by atoms with van der Waals surface area (Å²) >= 11 is 0. The van der Waals surface area contributed by atoms with Crippen molar-refractivity contribution in [3.05, 3.63) is 98.9 Å². The number of nitro groups is 1. The van der Waals surface area contributed by atoms with Crippen molar-refractivity contribution in [2.45, 2.75) is 13.8 Å². The fourth-order valence-electron chi connectivity index (χ4n) is 3.28. The predicted octanol–water partition coefficient (Wildman–Crippen LogP) is 6.05. The summed E-state index contributed by atoms with van der Waals surface area (Å²) in [5, 5.41) is 20.0. The van der Waals surface area contributed by atoms with Crippen LogP contribution in [0.5, 0.6) is 0 Å². The van der Waals surface area contributed by atoms with Gasteiger partial charge in [0.1, 0.15) is 11.6 Å². The molecule has 0 radical (unpaired) electrons. The molecule has 1 aromatic heterocycles. The van der Waals surface area contributed by atoms with E-state index in [1.807, 2.05) is 30.4 Å². The van der Waals surface area contributed by atoms with E-state index in [4.69, 9.17) is 5.26 Å². The summed E-state index contributed by atoms with van der Waals surface area (Å²) < 4.78 is 0. The van der Waals surface area contributed by atoms with Crippen molar-refractivity contribution >= 4 is 35.7 Å². The Morgan fingerprint density at radius 1 is 0.938 bits per heavy atom. The van der Waals surface area contributed by atoms with E-state index in [-0.39, 0.29) is 11.3 Å². The van der Waals surface area contributed by atoms with E-state index >= 15 is 0 Å². The zero-order valence-corrected chi connectivity index (χ0v) is 18.1. The predicted molar refractivity (Wildman–Crippen MR) is 130 cm³/mol. The summed E-state index contributed by atoms with van der Waals surface area (Å²) in [6, 6.07) is 18.7. The summed E-state index contributed by atoms with van der Waals surface area (Å²) in [7, 11) is 0. The van der Waals surface area contributed by atoms with Crippen molar-refractivity contribution in [1.29, 1.82) is 5.26 Å². The van der Waals surface area contributed by atoms with E-state index in [9.17, 15) is 10.1 Å². The molecular formula is C26H24N4O2. The topological polar surface area (TPSA) is 83.1 Å². The summed E-state index contributed by atoms with van der Waals surface area (Å²) in [5.74, 6) is 0. The van der Waals surface area contributed by atoms with Crippen molar-refractivity contribution in [3.63, 3.8) is 0 Å². The van der Waals surface area contributed by atoms with Gasteiger partial charge in [0.2, 0.25) is 0 Å². The fourth-order valence-corrected chi connectivity index (χ4v) is 3.28. The van der Waals surface area contributed by atoms with Crippen LogP contribution in [-0.4, -0.2) is 23.0 Å². The Morgan fingerprint density at radius 2 is 1.56 bits per heavy atom. The number of rotatable bonds is 8. The van der Waals surface area contributed by atoms with E-state index in [0.717, 1.165) is 29.9 Å². The van der Waals surface area contributed by atoms with Crippen LogP contribution in [0.2, 0.25) is 0 Å². The largest absolute Gasteiger partial charge is 0.372 e. The average Bonchev–Trinajstić information content (AvgIpc) is 2.83. The Morgan fingerprint density at radius 3 is 2.16 bits per heavy atom. The highest BCUT2D eigenvalue weighted by atomic mass is 16.6. The second-order valence-corrected chi connectivity index (χ2v) is 7.09. The van der Waals surface area contributed by atoms with Crippen LogP contribution in [0.4, 0.5) is 11.4 Å². The van der Waals surface area contributed by atoms with Crippen LogP contribution >= 0.6 is 0 Å². The Balaban J connectivity index is 1.66. The average molecular weight is 425 g/mol. The van der Waals surface area contributed by atoms with E-state index in [1.165, 1.54) is 17.8 Å². The summed E-state index contributed by atoms with van der Waals surface area (Å²) in [6.45, 7) is 6.28. The number of hydrogen-bond acceptors (Lipinski definition) is 5. The molecule has 0 aliphatic heterocycles. The number of nitrogens with zero attached hydrogens (tertiary/aromatic N) is 4. The molecule has 6 heteroatoms. The quantitative estimate of drug-likeness (QED) is 0.325. The number of anilines is 1. The van der Waals surface area contributed by atoms with Gasteiger partial charge < -0.3 is 4.90 Å². The van der Waals surface area contributed by atoms with Gasteiger partial charge in [-0.15, -0.1) is 0 Å². The van der Waals surface area contributed by atoms with Gasteiger partial charge >= 0.3 is 0 Å². The normalized spacial score (nSPS) is 11.0. The molecule has 0 atom stereocenters. The third kappa shape index (κ3) is 5.67. The van der Waals surface area contributed by atoms with Crippen LogP contribution in [0.3, 0.4) is 0 Å². The van der Waals surface area contributed by atoms with Crippen molar-refractivity contribution in [1.82, 2.24) is 4.98 Å². The van der Waals surface area contributed by atoms with Gasteiger partial charge in [0, 0.05) is 31.0 Å². The van der Waals surface area contributed by atoms with Crippen molar-refractivity contribution < 1.29 is 4.92 Å². The zero-order chi connectivity index (χ0) is 22.9. The monoisotopic (exact) mass is 424 g/mol. The molecule has 0 aliphatic rings. The molecule has 3 rings (SSSR count). The van der Waals surface area contributed by atoms with Crippen molar-refractivity contribution in [2.24, 2.45) is 0 Å². The van der Waals surface area contributed by atoms with E-state index in [2.05, 4.69) is 54.1 Å². The van der Waals surface area contributed by atoms with Crippen LogP contribution in [0.1, 0.15) is 41.8 Å². The maximum atomic E-state index is 10.9. The first-order valence-electron chi connectivity index (χ1n) is 10.4. The minimum absolute atomic E-state index is 0.0377. The number of pyridine rings is 1. The van der Waals surface area contributed by atoms with Crippen LogP contribution in [0.15, 0.2) is 60.8 Å². The molecule has 160 valence electrons. The van der Waals surface area contributed by atoms with Gasteiger partial charge in [-0.05, 0) is 66.9 Å². The molecular weight excluding hydrogens is 400 g/mol. The standard InChI is InChI=1S/C26H24N4O2/c1-3-29(4-2)25-14-9-20(10-15-25)5-6-22-8-13-24(28-19-22)12-7-21-11-16-26(30(31)32)23(17-21)18-27/h5-17,19H,3-4H2,1-2H3/b6-5+,12-7+. The Labute approximate surface area is 187 Å². The summed E-state index contributed by atoms with van der Waals surface area (Å²) in [4.78, 5) is 17.1. The third-order valence-corrected chi connectivity index (χ3v) is 5.08. The molecule has 2 aromatic carbocycles. The molecule has 6 nitrogen and oxygen atoms in total. The number of nitriles is 1. The highest BCUT2D eigenvalue weighted by Crippen LogP contribution is 2.20. The molecule has 0 saturated heterocycles. The van der Waals surface area contributed by atoms with Crippen LogP contribution in [0.25, 0.3) is 24.3 Å². The molecule has 1 heterocycles. The molecule has 0 amide bonds. The highest BCUT2D eigenvalue weighted by Gasteiger charge is 2.12. The first-order chi connectivity index (χ1) is 15.5. The van der Waals surface area contributed by atoms with E-state index in [0.29, 0.717) is 5.56 Å².